The lowest BCUT2D eigenvalue weighted by Crippen LogP contribution is -1.98. The Hall–Kier alpha value is -3.02. The fraction of sp³-hybridized carbons (Fsp3) is 0.200. The number of aromatic nitrogens is 4. The number of pyridine rings is 1. The van der Waals surface area contributed by atoms with Gasteiger partial charge in [0.25, 0.3) is 0 Å². The van der Waals surface area contributed by atoms with E-state index in [9.17, 15) is 8.78 Å². The third-order valence-corrected chi connectivity index (χ3v) is 5.01. The van der Waals surface area contributed by atoms with E-state index in [-0.39, 0.29) is 0 Å². The maximum atomic E-state index is 13.9. The predicted molar refractivity (Wildman–Crippen MR) is 94.8 cm³/mol. The van der Waals surface area contributed by atoms with Gasteiger partial charge in [-0.1, -0.05) is 0 Å². The number of hydrogen-bond donors (Lipinski definition) is 0. The number of hydrogen-bond acceptors (Lipinski definition) is 2. The van der Waals surface area contributed by atoms with Gasteiger partial charge in [-0.05, 0) is 43.2 Å². The van der Waals surface area contributed by atoms with E-state index in [4.69, 9.17) is 4.98 Å². The third-order valence-electron chi connectivity index (χ3n) is 5.01. The lowest BCUT2D eigenvalue weighted by Gasteiger charge is -2.11. The van der Waals surface area contributed by atoms with Crippen LogP contribution >= 0.6 is 0 Å². The van der Waals surface area contributed by atoms with Crippen LogP contribution in [0.2, 0.25) is 0 Å². The predicted octanol–water partition coefficient (Wildman–Crippen LogP) is 4.40. The second-order valence-electron chi connectivity index (χ2n) is 6.67. The second-order valence-corrected chi connectivity index (χ2v) is 6.67. The van der Waals surface area contributed by atoms with Crippen molar-refractivity contribution in [3.63, 3.8) is 0 Å². The lowest BCUT2D eigenvalue weighted by atomic mass is 10.0. The number of benzene rings is 1. The molecule has 0 bridgehead atoms. The number of imidazole rings is 2. The van der Waals surface area contributed by atoms with Crippen LogP contribution in [0.1, 0.15) is 17.8 Å². The SMILES string of the molecule is Cc1cc(F)c(F)cc1-c1nc2n(c1-c1ccc3nccn3c1)CCC2. The molecule has 1 aromatic carbocycles. The van der Waals surface area contributed by atoms with Crippen LogP contribution in [0.5, 0.6) is 0 Å². The van der Waals surface area contributed by atoms with Crippen LogP contribution in [-0.2, 0) is 13.0 Å². The van der Waals surface area contributed by atoms with Gasteiger partial charge in [0.05, 0.1) is 11.4 Å². The van der Waals surface area contributed by atoms with Gasteiger partial charge in [-0.3, -0.25) is 0 Å². The zero-order chi connectivity index (χ0) is 17.8. The first-order chi connectivity index (χ1) is 12.6. The molecule has 0 spiro atoms. The zero-order valence-electron chi connectivity index (χ0n) is 14.2. The van der Waals surface area contributed by atoms with Gasteiger partial charge in [-0.2, -0.15) is 0 Å². The quantitative estimate of drug-likeness (QED) is 0.537. The van der Waals surface area contributed by atoms with Crippen molar-refractivity contribution in [1.29, 1.82) is 0 Å². The van der Waals surface area contributed by atoms with Gasteiger partial charge in [0.1, 0.15) is 11.5 Å². The Kier molecular flexibility index (Phi) is 3.22. The van der Waals surface area contributed by atoms with Crippen molar-refractivity contribution in [3.8, 4) is 22.5 Å². The second kappa shape index (κ2) is 5.49. The molecule has 0 amide bonds. The first kappa shape index (κ1) is 15.3. The highest BCUT2D eigenvalue weighted by atomic mass is 19.2. The van der Waals surface area contributed by atoms with Crippen LogP contribution in [0.3, 0.4) is 0 Å². The summed E-state index contributed by atoms with van der Waals surface area (Å²) >= 11 is 0. The summed E-state index contributed by atoms with van der Waals surface area (Å²) < 4.78 is 31.7. The van der Waals surface area contributed by atoms with Crippen molar-refractivity contribution >= 4 is 5.65 Å². The van der Waals surface area contributed by atoms with Crippen molar-refractivity contribution in [2.24, 2.45) is 0 Å². The van der Waals surface area contributed by atoms with Crippen LogP contribution in [0, 0.1) is 18.6 Å². The summed E-state index contributed by atoms with van der Waals surface area (Å²) in [7, 11) is 0. The molecule has 1 aliphatic heterocycles. The first-order valence-electron chi connectivity index (χ1n) is 8.60. The molecule has 0 aliphatic carbocycles. The smallest absolute Gasteiger partial charge is 0.159 e. The minimum Gasteiger partial charge on any atom is -0.327 e. The number of aryl methyl sites for hydroxylation is 2. The standard InChI is InChI=1S/C20H16F2N4/c1-12-9-15(21)16(22)10-14(12)19-20(26-7-2-3-18(26)24-19)13-4-5-17-23-6-8-25(17)11-13/h4-6,8-11H,2-3,7H2,1H3. The highest BCUT2D eigenvalue weighted by molar-refractivity contribution is 5.81. The maximum absolute atomic E-state index is 13.9. The van der Waals surface area contributed by atoms with Gasteiger partial charge in [0.2, 0.25) is 0 Å². The van der Waals surface area contributed by atoms with E-state index in [1.807, 2.05) is 28.9 Å². The molecule has 5 rings (SSSR count). The van der Waals surface area contributed by atoms with Crippen molar-refractivity contribution in [2.45, 2.75) is 26.3 Å². The molecule has 0 unspecified atom stereocenters. The first-order valence-corrected chi connectivity index (χ1v) is 8.60. The van der Waals surface area contributed by atoms with Gasteiger partial charge >= 0.3 is 0 Å². The van der Waals surface area contributed by atoms with Crippen molar-refractivity contribution in [3.05, 3.63) is 65.9 Å². The van der Waals surface area contributed by atoms with E-state index in [1.165, 1.54) is 12.1 Å². The lowest BCUT2D eigenvalue weighted by molar-refractivity contribution is 0.508. The summed E-state index contributed by atoms with van der Waals surface area (Å²) in [6.07, 6.45) is 7.58. The molecule has 0 N–H and O–H groups in total. The summed E-state index contributed by atoms with van der Waals surface area (Å²) in [4.78, 5) is 9.06. The van der Waals surface area contributed by atoms with E-state index in [2.05, 4.69) is 9.55 Å². The Morgan fingerprint density at radius 2 is 1.96 bits per heavy atom. The fourth-order valence-corrected chi connectivity index (χ4v) is 3.77. The Bertz CT molecular complexity index is 1160. The highest BCUT2D eigenvalue weighted by Crippen LogP contribution is 2.37. The molecule has 0 saturated carbocycles. The molecule has 0 atom stereocenters. The van der Waals surface area contributed by atoms with Gasteiger partial charge in [0.15, 0.2) is 11.6 Å². The number of rotatable bonds is 2. The average molecular weight is 350 g/mol. The molecule has 3 aromatic heterocycles. The third kappa shape index (κ3) is 2.18. The maximum Gasteiger partial charge on any atom is 0.159 e. The van der Waals surface area contributed by atoms with Crippen LogP contribution in [0.25, 0.3) is 28.2 Å². The van der Waals surface area contributed by atoms with Gasteiger partial charge < -0.3 is 8.97 Å². The van der Waals surface area contributed by atoms with Crippen molar-refractivity contribution in [1.82, 2.24) is 18.9 Å². The van der Waals surface area contributed by atoms with E-state index < -0.39 is 11.6 Å². The number of fused-ring (bicyclic) bond motifs is 2. The number of nitrogens with zero attached hydrogens (tertiary/aromatic N) is 4. The van der Waals surface area contributed by atoms with Gasteiger partial charge in [0, 0.05) is 42.7 Å². The highest BCUT2D eigenvalue weighted by Gasteiger charge is 2.25. The van der Waals surface area contributed by atoms with E-state index in [0.29, 0.717) is 16.8 Å². The molecule has 6 heteroatoms. The molecule has 0 fully saturated rings. The molecule has 0 radical (unpaired) electrons. The van der Waals surface area contributed by atoms with Crippen LogP contribution in [0.4, 0.5) is 8.78 Å². The Balaban J connectivity index is 1.78. The topological polar surface area (TPSA) is 35.1 Å². The Morgan fingerprint density at radius 3 is 2.85 bits per heavy atom. The fourth-order valence-electron chi connectivity index (χ4n) is 3.77. The van der Waals surface area contributed by atoms with Crippen molar-refractivity contribution < 1.29 is 8.78 Å². The largest absolute Gasteiger partial charge is 0.327 e. The van der Waals surface area contributed by atoms with E-state index in [0.717, 1.165) is 42.1 Å². The molecule has 0 saturated heterocycles. The average Bonchev–Trinajstić information content (AvgIpc) is 3.32. The minimum atomic E-state index is -0.852. The molecule has 130 valence electrons. The molecule has 26 heavy (non-hydrogen) atoms. The van der Waals surface area contributed by atoms with Crippen LogP contribution < -0.4 is 0 Å². The molecular formula is C20H16F2N4. The monoisotopic (exact) mass is 350 g/mol. The van der Waals surface area contributed by atoms with Crippen molar-refractivity contribution in [2.75, 3.05) is 0 Å². The molecule has 4 aromatic rings. The summed E-state index contributed by atoms with van der Waals surface area (Å²) in [5.74, 6) is -0.695. The Labute approximate surface area is 148 Å². The van der Waals surface area contributed by atoms with Gasteiger partial charge in [-0.25, -0.2) is 18.7 Å². The molecule has 1 aliphatic rings. The normalized spacial score (nSPS) is 13.5. The van der Waals surface area contributed by atoms with E-state index in [1.54, 1.807) is 13.1 Å². The zero-order valence-corrected chi connectivity index (χ0v) is 14.2. The number of halogens is 2. The van der Waals surface area contributed by atoms with E-state index >= 15 is 0 Å². The summed E-state index contributed by atoms with van der Waals surface area (Å²) in [5.41, 5.74) is 4.80. The summed E-state index contributed by atoms with van der Waals surface area (Å²) in [6, 6.07) is 6.44. The van der Waals surface area contributed by atoms with Crippen LogP contribution in [-0.4, -0.2) is 18.9 Å². The van der Waals surface area contributed by atoms with Gasteiger partial charge in [-0.15, -0.1) is 0 Å². The molecular weight excluding hydrogens is 334 g/mol. The van der Waals surface area contributed by atoms with Crippen LogP contribution in [0.15, 0.2) is 42.9 Å². The Morgan fingerprint density at radius 1 is 1.12 bits per heavy atom. The summed E-state index contributed by atoms with van der Waals surface area (Å²) in [5, 5.41) is 0. The molecule has 4 nitrogen and oxygen atoms in total. The minimum absolute atomic E-state index is 0.631. The molecule has 4 heterocycles. The summed E-state index contributed by atoms with van der Waals surface area (Å²) in [6.45, 7) is 2.66.